The summed E-state index contributed by atoms with van der Waals surface area (Å²) in [6.45, 7) is 0. The van der Waals surface area contributed by atoms with E-state index in [1.807, 2.05) is 0 Å². The second-order valence-corrected chi connectivity index (χ2v) is 7.38. The van der Waals surface area contributed by atoms with Crippen LogP contribution >= 0.6 is 0 Å². The molecule has 0 saturated heterocycles. The molecule has 178 valence electrons. The van der Waals surface area contributed by atoms with Crippen molar-refractivity contribution in [1.82, 2.24) is 5.32 Å². The molecule has 3 aromatic rings. The molecule has 3 aromatic carbocycles. The molecule has 0 fully saturated rings. The van der Waals surface area contributed by atoms with Gasteiger partial charge in [0.05, 0.1) is 11.1 Å². The lowest BCUT2D eigenvalue weighted by molar-refractivity contribution is -0.143. The fourth-order valence-corrected chi connectivity index (χ4v) is 3.50. The second kappa shape index (κ2) is 9.58. The normalized spacial score (nSPS) is 12.9. The van der Waals surface area contributed by atoms with E-state index in [0.29, 0.717) is 11.1 Å². The molecule has 0 spiro atoms. The van der Waals surface area contributed by atoms with E-state index in [-0.39, 0.29) is 18.2 Å². The van der Waals surface area contributed by atoms with Crippen LogP contribution in [0.15, 0.2) is 78.9 Å². The Morgan fingerprint density at radius 3 is 1.47 bits per heavy atom. The summed E-state index contributed by atoms with van der Waals surface area (Å²) in [7, 11) is 0. The van der Waals surface area contributed by atoms with Crippen LogP contribution in [0, 0.1) is 0 Å². The van der Waals surface area contributed by atoms with Gasteiger partial charge in [0.15, 0.2) is 0 Å². The maximum absolute atomic E-state index is 13.2. The summed E-state index contributed by atoms with van der Waals surface area (Å²) in [5.41, 5.74) is -3.37. The van der Waals surface area contributed by atoms with Crippen LogP contribution in [-0.2, 0) is 17.1 Å². The fourth-order valence-electron chi connectivity index (χ4n) is 3.50. The molecule has 10 heteroatoms. The third kappa shape index (κ3) is 5.75. The Kier molecular flexibility index (Phi) is 6.99. The minimum atomic E-state index is -5.15. The van der Waals surface area contributed by atoms with Crippen molar-refractivity contribution in [1.29, 1.82) is 0 Å². The molecule has 1 atom stereocenters. The molecule has 0 aliphatic carbocycles. The Morgan fingerprint density at radius 1 is 0.706 bits per heavy atom. The van der Waals surface area contributed by atoms with Crippen LogP contribution in [0.2, 0.25) is 0 Å². The molecule has 0 unspecified atom stereocenters. The van der Waals surface area contributed by atoms with Crippen LogP contribution < -0.4 is 5.32 Å². The van der Waals surface area contributed by atoms with Crippen molar-refractivity contribution >= 4 is 11.9 Å². The summed E-state index contributed by atoms with van der Waals surface area (Å²) < 4.78 is 79.0. The Labute approximate surface area is 189 Å². The van der Waals surface area contributed by atoms with Gasteiger partial charge in [0, 0.05) is 11.5 Å². The van der Waals surface area contributed by atoms with Crippen LogP contribution in [0.3, 0.4) is 0 Å². The topological polar surface area (TPSA) is 66.4 Å². The maximum Gasteiger partial charge on any atom is 0.416 e. The molecule has 0 aliphatic heterocycles. The smallest absolute Gasteiger partial charge is 0.416 e. The van der Waals surface area contributed by atoms with Gasteiger partial charge in [0.1, 0.15) is 6.04 Å². The number of carbonyl (C=O) groups excluding carboxylic acids is 1. The van der Waals surface area contributed by atoms with Crippen molar-refractivity contribution in [3.63, 3.8) is 0 Å². The van der Waals surface area contributed by atoms with Gasteiger partial charge in [-0.1, -0.05) is 60.7 Å². The maximum atomic E-state index is 13.2. The van der Waals surface area contributed by atoms with E-state index in [9.17, 15) is 41.0 Å². The van der Waals surface area contributed by atoms with E-state index in [1.165, 1.54) is 0 Å². The van der Waals surface area contributed by atoms with Gasteiger partial charge in [-0.05, 0) is 29.3 Å². The molecule has 2 N–H and O–H groups in total. The van der Waals surface area contributed by atoms with Gasteiger partial charge in [-0.3, -0.25) is 4.79 Å². The molecular formula is C24H17F6NO3. The van der Waals surface area contributed by atoms with Crippen LogP contribution in [0.25, 0.3) is 0 Å². The molecule has 4 nitrogen and oxygen atoms in total. The number of benzene rings is 3. The van der Waals surface area contributed by atoms with Gasteiger partial charge in [0.2, 0.25) is 0 Å². The van der Waals surface area contributed by atoms with Crippen molar-refractivity contribution in [3.05, 3.63) is 107 Å². The van der Waals surface area contributed by atoms with Gasteiger partial charge in [-0.15, -0.1) is 0 Å². The quantitative estimate of drug-likeness (QED) is 0.442. The Morgan fingerprint density at radius 2 is 1.12 bits per heavy atom. The lowest BCUT2D eigenvalue weighted by Crippen LogP contribution is -2.45. The molecule has 0 heterocycles. The summed E-state index contributed by atoms with van der Waals surface area (Å²) in [5, 5.41) is 12.0. The van der Waals surface area contributed by atoms with Crippen LogP contribution in [-0.4, -0.2) is 23.0 Å². The lowest BCUT2D eigenvalue weighted by Gasteiger charge is -2.26. The van der Waals surface area contributed by atoms with Gasteiger partial charge >= 0.3 is 18.3 Å². The highest BCUT2D eigenvalue weighted by molar-refractivity contribution is 5.97. The highest BCUT2D eigenvalue weighted by Crippen LogP contribution is 2.36. The zero-order valence-electron chi connectivity index (χ0n) is 17.2. The first-order chi connectivity index (χ1) is 15.9. The molecule has 1 amide bonds. The molecule has 3 rings (SSSR count). The molecule has 34 heavy (non-hydrogen) atoms. The largest absolute Gasteiger partial charge is 0.480 e. The van der Waals surface area contributed by atoms with Gasteiger partial charge in [-0.25, -0.2) is 4.79 Å². The molecule has 0 aromatic heterocycles. The fraction of sp³-hybridized carbons (Fsp3) is 0.167. The van der Waals surface area contributed by atoms with Crippen molar-refractivity contribution in [2.24, 2.45) is 0 Å². The SMILES string of the molecule is O=C(N[C@@H](C(=O)O)C(c1ccccc1)c1ccccc1)c1cc(C(F)(F)F)cc(C(F)(F)F)c1. The van der Waals surface area contributed by atoms with E-state index < -0.39 is 52.9 Å². The highest BCUT2D eigenvalue weighted by atomic mass is 19.4. The number of hydrogen-bond donors (Lipinski definition) is 2. The molecular weight excluding hydrogens is 464 g/mol. The third-order valence-corrected chi connectivity index (χ3v) is 5.05. The first-order valence-electron chi connectivity index (χ1n) is 9.81. The monoisotopic (exact) mass is 481 g/mol. The number of carbonyl (C=O) groups is 2. The Balaban J connectivity index is 2.06. The molecule has 0 aliphatic rings. The first kappa shape index (κ1) is 24.8. The van der Waals surface area contributed by atoms with E-state index in [2.05, 4.69) is 5.32 Å². The third-order valence-electron chi connectivity index (χ3n) is 5.05. The summed E-state index contributed by atoms with van der Waals surface area (Å²) >= 11 is 0. The van der Waals surface area contributed by atoms with Crippen molar-refractivity contribution < 1.29 is 41.0 Å². The standard InChI is InChI=1S/C24H17F6NO3/c25-23(26,27)17-11-16(12-18(13-17)24(28,29)30)21(32)31-20(22(33)34)19(14-7-3-1-4-8-14)15-9-5-2-6-10-15/h1-13,19-20H,(H,31,32)(H,33,34)/t20-/m1/s1. The predicted octanol–water partition coefficient (Wildman–Crippen LogP) is 5.74. The number of carboxylic acids is 1. The van der Waals surface area contributed by atoms with Gasteiger partial charge in [0.25, 0.3) is 5.91 Å². The van der Waals surface area contributed by atoms with Crippen molar-refractivity contribution in [3.8, 4) is 0 Å². The van der Waals surface area contributed by atoms with E-state index in [1.54, 1.807) is 60.7 Å². The number of nitrogens with one attached hydrogen (secondary N) is 1. The lowest BCUT2D eigenvalue weighted by atomic mass is 9.84. The summed E-state index contributed by atoms with van der Waals surface area (Å²) in [6, 6.07) is 15.0. The minimum absolute atomic E-state index is 0.109. The number of aliphatic carboxylic acids is 1. The average molecular weight is 481 g/mol. The number of halogens is 6. The second-order valence-electron chi connectivity index (χ2n) is 7.38. The highest BCUT2D eigenvalue weighted by Gasteiger charge is 2.38. The molecule has 0 saturated carbocycles. The predicted molar refractivity (Wildman–Crippen MR) is 110 cm³/mol. The Bertz CT molecular complexity index is 1090. The number of amides is 1. The summed E-state index contributed by atoms with van der Waals surface area (Å²) in [4.78, 5) is 24.9. The number of rotatable bonds is 6. The number of hydrogen-bond acceptors (Lipinski definition) is 2. The minimum Gasteiger partial charge on any atom is -0.480 e. The van der Waals surface area contributed by atoms with Crippen LogP contribution in [0.4, 0.5) is 26.3 Å². The van der Waals surface area contributed by atoms with Crippen LogP contribution in [0.1, 0.15) is 38.5 Å². The van der Waals surface area contributed by atoms with Gasteiger partial charge in [-0.2, -0.15) is 26.3 Å². The van der Waals surface area contributed by atoms with Crippen molar-refractivity contribution in [2.75, 3.05) is 0 Å². The molecule has 0 bridgehead atoms. The number of carboxylic acid groups (broad SMARTS) is 1. The molecule has 0 radical (unpaired) electrons. The van der Waals surface area contributed by atoms with E-state index >= 15 is 0 Å². The Hall–Kier alpha value is -3.82. The zero-order chi connectivity index (χ0) is 25.1. The summed E-state index contributed by atoms with van der Waals surface area (Å²) in [5.74, 6) is -3.88. The number of alkyl halides is 6. The zero-order valence-corrected chi connectivity index (χ0v) is 17.2. The summed E-state index contributed by atoms with van der Waals surface area (Å²) in [6.07, 6.45) is -10.3. The average Bonchev–Trinajstić information content (AvgIpc) is 2.78. The van der Waals surface area contributed by atoms with Crippen molar-refractivity contribution in [2.45, 2.75) is 24.3 Å². The van der Waals surface area contributed by atoms with Crippen LogP contribution in [0.5, 0.6) is 0 Å². The van der Waals surface area contributed by atoms with E-state index in [4.69, 9.17) is 0 Å². The first-order valence-corrected chi connectivity index (χ1v) is 9.81. The van der Waals surface area contributed by atoms with E-state index in [0.717, 1.165) is 0 Å². The van der Waals surface area contributed by atoms with Gasteiger partial charge < -0.3 is 10.4 Å².